The highest BCUT2D eigenvalue weighted by Crippen LogP contribution is 2.23. The number of anilines is 1. The van der Waals surface area contributed by atoms with Crippen molar-refractivity contribution in [3.05, 3.63) is 65.1 Å². The molecule has 34 heavy (non-hydrogen) atoms. The van der Waals surface area contributed by atoms with E-state index in [4.69, 9.17) is 4.74 Å². The Labute approximate surface area is 198 Å². The molecule has 0 aliphatic heterocycles. The topological polar surface area (TPSA) is 112 Å². The first-order valence-corrected chi connectivity index (χ1v) is 10.9. The number of carbonyl (C=O) groups is 1. The van der Waals surface area contributed by atoms with Gasteiger partial charge in [0.25, 0.3) is 5.91 Å². The van der Waals surface area contributed by atoms with E-state index in [1.807, 2.05) is 57.2 Å². The van der Waals surface area contributed by atoms with Crippen molar-refractivity contribution in [2.75, 3.05) is 25.5 Å². The van der Waals surface area contributed by atoms with E-state index in [9.17, 15) is 4.79 Å². The Bertz CT molecular complexity index is 1310. The molecule has 1 amide bonds. The Balaban J connectivity index is 1.31. The molecule has 0 aliphatic carbocycles. The van der Waals surface area contributed by atoms with Crippen molar-refractivity contribution < 1.29 is 9.53 Å². The van der Waals surface area contributed by atoms with Crippen LogP contribution in [0.5, 0.6) is 5.75 Å². The standard InChI is InChI=1S/C24H28N8O2/c1-15-16(2)29-32(17(15)3)23-10-9-22(27-28-23)25-11-12-26-24(33)21-14-20(30-31(21)4)18-7-6-8-19(13-18)34-5/h6-10,13-14H,11-12H2,1-5H3,(H,25,27)(H,26,33). The first-order valence-electron chi connectivity index (χ1n) is 10.9. The van der Waals surface area contributed by atoms with Crippen LogP contribution in [0.15, 0.2) is 42.5 Å². The molecule has 3 heterocycles. The van der Waals surface area contributed by atoms with Crippen LogP contribution in [0.4, 0.5) is 5.82 Å². The third kappa shape index (κ3) is 4.75. The van der Waals surface area contributed by atoms with Gasteiger partial charge in [0.15, 0.2) is 5.82 Å². The SMILES string of the molecule is COc1cccc(-c2cc(C(=O)NCCNc3ccc(-n4nc(C)c(C)c4C)nn3)n(C)n2)c1. The molecule has 0 spiro atoms. The number of aryl methyl sites for hydroxylation is 2. The zero-order valence-electron chi connectivity index (χ0n) is 20.0. The minimum Gasteiger partial charge on any atom is -0.497 e. The molecular weight excluding hydrogens is 432 g/mol. The van der Waals surface area contributed by atoms with E-state index in [0.717, 1.165) is 28.3 Å². The van der Waals surface area contributed by atoms with E-state index in [1.165, 1.54) is 0 Å². The second-order valence-corrected chi connectivity index (χ2v) is 7.94. The quantitative estimate of drug-likeness (QED) is 0.389. The molecule has 2 N–H and O–H groups in total. The number of aromatic nitrogens is 6. The van der Waals surface area contributed by atoms with Gasteiger partial charge < -0.3 is 15.4 Å². The van der Waals surface area contributed by atoms with Crippen LogP contribution in [0.25, 0.3) is 17.1 Å². The molecule has 0 bridgehead atoms. The first-order chi connectivity index (χ1) is 16.4. The highest BCUT2D eigenvalue weighted by molar-refractivity contribution is 5.93. The fraction of sp³-hybridized carbons (Fsp3) is 0.292. The third-order valence-corrected chi connectivity index (χ3v) is 5.72. The van der Waals surface area contributed by atoms with Crippen molar-refractivity contribution in [3.63, 3.8) is 0 Å². The van der Waals surface area contributed by atoms with E-state index < -0.39 is 0 Å². The molecule has 0 fully saturated rings. The van der Waals surface area contributed by atoms with Gasteiger partial charge in [-0.05, 0) is 56.7 Å². The predicted molar refractivity (Wildman–Crippen MR) is 129 cm³/mol. The summed E-state index contributed by atoms with van der Waals surface area (Å²) in [5.41, 5.74) is 5.22. The second-order valence-electron chi connectivity index (χ2n) is 7.94. The number of carbonyl (C=O) groups excluding carboxylic acids is 1. The number of nitrogens with one attached hydrogen (secondary N) is 2. The maximum atomic E-state index is 12.6. The smallest absolute Gasteiger partial charge is 0.269 e. The van der Waals surface area contributed by atoms with Crippen LogP contribution < -0.4 is 15.4 Å². The largest absolute Gasteiger partial charge is 0.497 e. The van der Waals surface area contributed by atoms with Crippen molar-refractivity contribution in [2.24, 2.45) is 7.05 Å². The summed E-state index contributed by atoms with van der Waals surface area (Å²) in [5.74, 6) is 1.82. The van der Waals surface area contributed by atoms with Crippen LogP contribution in [-0.4, -0.2) is 55.9 Å². The maximum Gasteiger partial charge on any atom is 0.269 e. The lowest BCUT2D eigenvalue weighted by Gasteiger charge is -2.08. The summed E-state index contributed by atoms with van der Waals surface area (Å²) < 4.78 is 8.63. The van der Waals surface area contributed by atoms with Crippen molar-refractivity contribution >= 4 is 11.7 Å². The van der Waals surface area contributed by atoms with E-state index in [1.54, 1.807) is 29.6 Å². The van der Waals surface area contributed by atoms with Crippen LogP contribution in [0.1, 0.15) is 27.4 Å². The monoisotopic (exact) mass is 460 g/mol. The maximum absolute atomic E-state index is 12.6. The van der Waals surface area contributed by atoms with Gasteiger partial charge in [-0.25, -0.2) is 4.68 Å². The Hall–Kier alpha value is -4.21. The number of nitrogens with zero attached hydrogens (tertiary/aromatic N) is 6. The van der Waals surface area contributed by atoms with Gasteiger partial charge in [0.05, 0.1) is 18.5 Å². The average Bonchev–Trinajstić information content (AvgIpc) is 3.37. The zero-order chi connectivity index (χ0) is 24.2. The molecule has 0 saturated heterocycles. The van der Waals surface area contributed by atoms with Crippen molar-refractivity contribution in [3.8, 4) is 22.8 Å². The molecule has 10 heteroatoms. The lowest BCUT2D eigenvalue weighted by atomic mass is 10.1. The fourth-order valence-corrected chi connectivity index (χ4v) is 3.54. The third-order valence-electron chi connectivity index (χ3n) is 5.72. The highest BCUT2D eigenvalue weighted by atomic mass is 16.5. The van der Waals surface area contributed by atoms with Crippen molar-refractivity contribution in [1.29, 1.82) is 0 Å². The number of ether oxygens (including phenoxy) is 1. The minimum atomic E-state index is -0.202. The molecule has 10 nitrogen and oxygen atoms in total. The number of hydrogen-bond acceptors (Lipinski definition) is 7. The molecule has 0 aliphatic rings. The lowest BCUT2D eigenvalue weighted by Crippen LogP contribution is -2.30. The number of amides is 1. The highest BCUT2D eigenvalue weighted by Gasteiger charge is 2.14. The summed E-state index contributed by atoms with van der Waals surface area (Å²) in [5, 5.41) is 23.5. The van der Waals surface area contributed by atoms with Crippen LogP contribution in [0, 0.1) is 20.8 Å². The van der Waals surface area contributed by atoms with E-state index in [0.29, 0.717) is 36.1 Å². The summed E-state index contributed by atoms with van der Waals surface area (Å²) in [6, 6.07) is 13.0. The van der Waals surface area contributed by atoms with Gasteiger partial charge in [-0.1, -0.05) is 12.1 Å². The molecule has 1 aromatic carbocycles. The van der Waals surface area contributed by atoms with E-state index in [2.05, 4.69) is 31.0 Å². The predicted octanol–water partition coefficient (Wildman–Crippen LogP) is 2.84. The fourth-order valence-electron chi connectivity index (χ4n) is 3.54. The van der Waals surface area contributed by atoms with Crippen molar-refractivity contribution in [2.45, 2.75) is 20.8 Å². The number of methoxy groups -OCH3 is 1. The first kappa shape index (κ1) is 23.0. The Morgan fingerprint density at radius 2 is 1.85 bits per heavy atom. The van der Waals surface area contributed by atoms with Gasteiger partial charge in [0.1, 0.15) is 17.3 Å². The molecule has 0 atom stereocenters. The normalized spacial score (nSPS) is 10.9. The van der Waals surface area contributed by atoms with Gasteiger partial charge in [0.2, 0.25) is 0 Å². The Kier molecular flexibility index (Phi) is 6.58. The summed E-state index contributed by atoms with van der Waals surface area (Å²) >= 11 is 0. The van der Waals surface area contributed by atoms with Gasteiger partial charge in [-0.2, -0.15) is 10.2 Å². The van der Waals surface area contributed by atoms with Gasteiger partial charge in [-0.3, -0.25) is 9.48 Å². The lowest BCUT2D eigenvalue weighted by molar-refractivity contribution is 0.0946. The van der Waals surface area contributed by atoms with Crippen LogP contribution in [0.2, 0.25) is 0 Å². The van der Waals surface area contributed by atoms with Gasteiger partial charge >= 0.3 is 0 Å². The summed E-state index contributed by atoms with van der Waals surface area (Å²) in [6.45, 7) is 6.93. The van der Waals surface area contributed by atoms with Crippen molar-refractivity contribution in [1.82, 2.24) is 35.1 Å². The molecule has 176 valence electrons. The molecule has 0 saturated carbocycles. The molecule has 0 radical (unpaired) electrons. The molecule has 3 aromatic heterocycles. The summed E-state index contributed by atoms with van der Waals surface area (Å²) in [4.78, 5) is 12.6. The van der Waals surface area contributed by atoms with E-state index >= 15 is 0 Å². The van der Waals surface area contributed by atoms with Gasteiger partial charge in [0, 0.05) is 31.4 Å². The molecule has 4 rings (SSSR count). The van der Waals surface area contributed by atoms with Gasteiger partial charge in [-0.15, -0.1) is 10.2 Å². The van der Waals surface area contributed by atoms with Crippen LogP contribution in [0.3, 0.4) is 0 Å². The minimum absolute atomic E-state index is 0.202. The Morgan fingerprint density at radius 3 is 2.53 bits per heavy atom. The number of hydrogen-bond donors (Lipinski definition) is 2. The number of benzene rings is 1. The Morgan fingerprint density at radius 1 is 1.03 bits per heavy atom. The number of rotatable bonds is 8. The van der Waals surface area contributed by atoms with E-state index in [-0.39, 0.29) is 5.91 Å². The van der Waals surface area contributed by atoms with Crippen LogP contribution in [-0.2, 0) is 7.05 Å². The zero-order valence-corrected chi connectivity index (χ0v) is 20.0. The molecule has 4 aromatic rings. The molecular formula is C24H28N8O2. The summed E-state index contributed by atoms with van der Waals surface area (Å²) in [6.07, 6.45) is 0. The molecule has 0 unspecified atom stereocenters. The second kappa shape index (κ2) is 9.74. The average molecular weight is 461 g/mol. The van der Waals surface area contributed by atoms with Crippen LogP contribution >= 0.6 is 0 Å². The summed E-state index contributed by atoms with van der Waals surface area (Å²) in [7, 11) is 3.37.